The summed E-state index contributed by atoms with van der Waals surface area (Å²) in [6.07, 6.45) is 0. The van der Waals surface area contributed by atoms with E-state index in [9.17, 15) is 9.18 Å². The summed E-state index contributed by atoms with van der Waals surface area (Å²) in [6.45, 7) is 3.10. The molecule has 0 saturated carbocycles. The topological polar surface area (TPSA) is 53.6 Å². The molecule has 0 spiro atoms. The molecule has 0 bridgehead atoms. The Morgan fingerprint density at radius 2 is 2.04 bits per heavy atom. The van der Waals surface area contributed by atoms with Crippen LogP contribution in [0.1, 0.15) is 17.2 Å². The molecule has 6 heteroatoms. The van der Waals surface area contributed by atoms with Gasteiger partial charge in [0.2, 0.25) is 5.91 Å². The fourth-order valence-corrected chi connectivity index (χ4v) is 3.23. The second-order valence-corrected chi connectivity index (χ2v) is 6.34. The van der Waals surface area contributed by atoms with E-state index in [0.717, 1.165) is 36.5 Å². The van der Waals surface area contributed by atoms with Gasteiger partial charge in [0.25, 0.3) is 0 Å². The largest absolute Gasteiger partial charge is 0.496 e. The van der Waals surface area contributed by atoms with Gasteiger partial charge in [-0.05, 0) is 23.8 Å². The van der Waals surface area contributed by atoms with Crippen molar-refractivity contribution >= 4 is 5.91 Å². The summed E-state index contributed by atoms with van der Waals surface area (Å²) in [4.78, 5) is 14.6. The number of rotatable bonds is 6. The lowest BCUT2D eigenvalue weighted by Crippen LogP contribution is -2.49. The summed E-state index contributed by atoms with van der Waals surface area (Å²) in [5.41, 5.74) is 1.95. The van der Waals surface area contributed by atoms with Crippen LogP contribution in [0.5, 0.6) is 5.75 Å². The van der Waals surface area contributed by atoms with E-state index in [2.05, 4.69) is 15.5 Å². The number of amides is 1. The van der Waals surface area contributed by atoms with Crippen LogP contribution in [-0.2, 0) is 11.3 Å². The fourth-order valence-electron chi connectivity index (χ4n) is 3.23. The average molecular weight is 357 g/mol. The molecule has 0 aliphatic carbocycles. The molecule has 1 amide bonds. The van der Waals surface area contributed by atoms with Crippen molar-refractivity contribution in [1.82, 2.24) is 15.5 Å². The van der Waals surface area contributed by atoms with Crippen molar-refractivity contribution in [2.75, 3.05) is 33.3 Å². The Labute approximate surface area is 153 Å². The minimum atomic E-state index is -0.277. The Balaban J connectivity index is 1.62. The highest BCUT2D eigenvalue weighted by Crippen LogP contribution is 2.29. The molecular formula is C20H24FN3O2. The first-order chi connectivity index (χ1) is 12.7. The lowest BCUT2D eigenvalue weighted by atomic mass is 10.0. The fraction of sp³-hybridized carbons (Fsp3) is 0.350. The van der Waals surface area contributed by atoms with Gasteiger partial charge in [-0.3, -0.25) is 9.69 Å². The summed E-state index contributed by atoms with van der Waals surface area (Å²) in [7, 11) is 1.66. The predicted molar refractivity (Wildman–Crippen MR) is 98.4 cm³/mol. The minimum absolute atomic E-state index is 0.0453. The Bertz CT molecular complexity index is 736. The molecule has 1 saturated heterocycles. The van der Waals surface area contributed by atoms with Crippen molar-refractivity contribution in [2.24, 2.45) is 0 Å². The maximum atomic E-state index is 13.0. The van der Waals surface area contributed by atoms with E-state index in [1.807, 2.05) is 24.3 Å². The molecule has 3 rings (SSSR count). The molecule has 1 heterocycles. The third-order valence-electron chi connectivity index (χ3n) is 4.60. The van der Waals surface area contributed by atoms with E-state index in [1.54, 1.807) is 19.2 Å². The average Bonchev–Trinajstić information content (AvgIpc) is 2.68. The van der Waals surface area contributed by atoms with Crippen LogP contribution < -0.4 is 15.4 Å². The van der Waals surface area contributed by atoms with Crippen molar-refractivity contribution in [1.29, 1.82) is 0 Å². The monoisotopic (exact) mass is 357 g/mol. The molecule has 1 fully saturated rings. The van der Waals surface area contributed by atoms with Gasteiger partial charge in [-0.15, -0.1) is 0 Å². The van der Waals surface area contributed by atoms with Crippen LogP contribution in [-0.4, -0.2) is 44.1 Å². The molecule has 0 aromatic heterocycles. The van der Waals surface area contributed by atoms with Crippen LogP contribution in [0.25, 0.3) is 0 Å². The molecule has 1 atom stereocenters. The van der Waals surface area contributed by atoms with E-state index >= 15 is 0 Å². The summed E-state index contributed by atoms with van der Waals surface area (Å²) >= 11 is 0. The molecular weight excluding hydrogens is 333 g/mol. The van der Waals surface area contributed by atoms with E-state index in [-0.39, 0.29) is 17.8 Å². The number of methoxy groups -OCH3 is 1. The van der Waals surface area contributed by atoms with Gasteiger partial charge < -0.3 is 15.4 Å². The van der Waals surface area contributed by atoms with E-state index in [0.29, 0.717) is 13.1 Å². The highest BCUT2D eigenvalue weighted by atomic mass is 19.1. The summed E-state index contributed by atoms with van der Waals surface area (Å²) in [6, 6.07) is 14.1. The van der Waals surface area contributed by atoms with Crippen LogP contribution in [0.4, 0.5) is 4.39 Å². The van der Waals surface area contributed by atoms with E-state index in [4.69, 9.17) is 4.74 Å². The molecule has 2 aromatic carbocycles. The predicted octanol–water partition coefficient (Wildman–Crippen LogP) is 2.10. The Morgan fingerprint density at radius 1 is 1.27 bits per heavy atom. The molecule has 1 aliphatic rings. The van der Waals surface area contributed by atoms with Crippen molar-refractivity contribution in [3.05, 3.63) is 65.5 Å². The SMILES string of the molecule is COc1ccccc1C1CNCCN1CC(=O)NCc1ccc(F)cc1. The zero-order valence-corrected chi connectivity index (χ0v) is 14.9. The zero-order chi connectivity index (χ0) is 18.4. The van der Waals surface area contributed by atoms with Gasteiger partial charge in [0.05, 0.1) is 19.7 Å². The van der Waals surface area contributed by atoms with Crippen LogP contribution in [0, 0.1) is 5.82 Å². The van der Waals surface area contributed by atoms with Gasteiger partial charge >= 0.3 is 0 Å². The molecule has 138 valence electrons. The molecule has 2 N–H and O–H groups in total. The summed E-state index contributed by atoms with van der Waals surface area (Å²) < 4.78 is 18.4. The number of nitrogens with one attached hydrogen (secondary N) is 2. The Hall–Kier alpha value is -2.44. The Morgan fingerprint density at radius 3 is 2.81 bits per heavy atom. The number of carbonyl (C=O) groups excluding carboxylic acids is 1. The highest BCUT2D eigenvalue weighted by Gasteiger charge is 2.27. The second kappa shape index (κ2) is 8.78. The van der Waals surface area contributed by atoms with Gasteiger partial charge in [-0.1, -0.05) is 30.3 Å². The molecule has 0 radical (unpaired) electrons. The van der Waals surface area contributed by atoms with Crippen molar-refractivity contribution in [3.63, 3.8) is 0 Å². The number of hydrogen-bond acceptors (Lipinski definition) is 4. The summed E-state index contributed by atoms with van der Waals surface area (Å²) in [5, 5.41) is 6.30. The van der Waals surface area contributed by atoms with Crippen molar-refractivity contribution in [2.45, 2.75) is 12.6 Å². The van der Waals surface area contributed by atoms with Crippen LogP contribution in [0.3, 0.4) is 0 Å². The van der Waals surface area contributed by atoms with Crippen molar-refractivity contribution < 1.29 is 13.9 Å². The van der Waals surface area contributed by atoms with Crippen LogP contribution in [0.2, 0.25) is 0 Å². The summed E-state index contributed by atoms with van der Waals surface area (Å²) in [5.74, 6) is 0.509. The molecule has 2 aromatic rings. The normalized spacial score (nSPS) is 17.7. The van der Waals surface area contributed by atoms with Gasteiger partial charge in [0.1, 0.15) is 11.6 Å². The molecule has 1 aliphatic heterocycles. The molecule has 1 unspecified atom stereocenters. The minimum Gasteiger partial charge on any atom is -0.496 e. The van der Waals surface area contributed by atoms with Crippen molar-refractivity contribution in [3.8, 4) is 5.75 Å². The van der Waals surface area contributed by atoms with Crippen LogP contribution >= 0.6 is 0 Å². The Kier molecular flexibility index (Phi) is 6.20. The lowest BCUT2D eigenvalue weighted by molar-refractivity contribution is -0.123. The smallest absolute Gasteiger partial charge is 0.234 e. The number of carbonyl (C=O) groups is 1. The maximum Gasteiger partial charge on any atom is 0.234 e. The first kappa shape index (κ1) is 18.4. The number of benzene rings is 2. The molecule has 26 heavy (non-hydrogen) atoms. The number of halogens is 1. The third-order valence-corrected chi connectivity index (χ3v) is 4.60. The number of nitrogens with zero attached hydrogens (tertiary/aromatic N) is 1. The van der Waals surface area contributed by atoms with Gasteiger partial charge in [0.15, 0.2) is 0 Å². The lowest BCUT2D eigenvalue weighted by Gasteiger charge is -2.36. The number of para-hydroxylation sites is 1. The van der Waals surface area contributed by atoms with Gasteiger partial charge in [0, 0.05) is 31.7 Å². The maximum absolute atomic E-state index is 13.0. The second-order valence-electron chi connectivity index (χ2n) is 6.34. The third kappa shape index (κ3) is 4.59. The van der Waals surface area contributed by atoms with E-state index in [1.165, 1.54) is 12.1 Å². The zero-order valence-electron chi connectivity index (χ0n) is 14.9. The number of piperazine rings is 1. The first-order valence-corrected chi connectivity index (χ1v) is 8.76. The standard InChI is InChI=1S/C20H24FN3O2/c1-26-19-5-3-2-4-17(19)18-13-22-10-11-24(18)14-20(25)23-12-15-6-8-16(21)9-7-15/h2-9,18,22H,10-14H2,1H3,(H,23,25). The number of ether oxygens (including phenoxy) is 1. The molecule has 5 nitrogen and oxygen atoms in total. The van der Waals surface area contributed by atoms with Gasteiger partial charge in [-0.2, -0.15) is 0 Å². The van der Waals surface area contributed by atoms with Crippen LogP contribution in [0.15, 0.2) is 48.5 Å². The first-order valence-electron chi connectivity index (χ1n) is 8.76. The van der Waals surface area contributed by atoms with Gasteiger partial charge in [-0.25, -0.2) is 4.39 Å². The quantitative estimate of drug-likeness (QED) is 0.831. The number of hydrogen-bond donors (Lipinski definition) is 2. The van der Waals surface area contributed by atoms with E-state index < -0.39 is 0 Å². The highest BCUT2D eigenvalue weighted by molar-refractivity contribution is 5.78.